The summed E-state index contributed by atoms with van der Waals surface area (Å²) in [6.45, 7) is 6.22. The standard InChI is InChI=1S/C13H14.C2H6.CH4/c1-2-5-11-8-9-12-6-3-4-7-13(12)10-11;1-2;/h3-4,6-10H,2,5H2,1H3;1-2H3;1H4. The second-order valence-corrected chi connectivity index (χ2v) is 3.43. The van der Waals surface area contributed by atoms with Gasteiger partial charge in [0.05, 0.1) is 0 Å². The molecule has 0 aliphatic heterocycles. The maximum atomic E-state index is 2.29. The van der Waals surface area contributed by atoms with E-state index in [2.05, 4.69) is 49.4 Å². The molecule has 0 heteroatoms. The molecule has 2 aromatic carbocycles. The number of fused-ring (bicyclic) bond motifs is 1. The van der Waals surface area contributed by atoms with Crippen LogP contribution in [0.1, 0.15) is 40.2 Å². The lowest BCUT2D eigenvalue weighted by Crippen LogP contribution is -1.82. The van der Waals surface area contributed by atoms with E-state index in [-0.39, 0.29) is 7.43 Å². The summed E-state index contributed by atoms with van der Waals surface area (Å²) in [6, 6.07) is 15.2. The summed E-state index contributed by atoms with van der Waals surface area (Å²) < 4.78 is 0. The van der Waals surface area contributed by atoms with Crippen LogP contribution in [0, 0.1) is 0 Å². The van der Waals surface area contributed by atoms with Crippen molar-refractivity contribution < 1.29 is 0 Å². The maximum Gasteiger partial charge on any atom is -0.0181 e. The quantitative estimate of drug-likeness (QED) is 0.625. The number of rotatable bonds is 2. The van der Waals surface area contributed by atoms with Crippen LogP contribution in [0.2, 0.25) is 0 Å². The second kappa shape index (κ2) is 7.92. The zero-order chi connectivity index (χ0) is 11.1. The molecule has 0 saturated heterocycles. The Morgan fingerprint density at radius 3 is 2.12 bits per heavy atom. The Balaban J connectivity index is 0.000000711. The van der Waals surface area contributed by atoms with Gasteiger partial charge in [0.1, 0.15) is 0 Å². The number of hydrogen-bond acceptors (Lipinski definition) is 0. The molecule has 0 bridgehead atoms. The second-order valence-electron chi connectivity index (χ2n) is 3.43. The molecule has 0 aromatic heterocycles. The molecule has 0 spiro atoms. The van der Waals surface area contributed by atoms with Crippen LogP contribution in [-0.4, -0.2) is 0 Å². The summed E-state index contributed by atoms with van der Waals surface area (Å²) in [5.41, 5.74) is 1.45. The molecular weight excluding hydrogens is 192 g/mol. The van der Waals surface area contributed by atoms with Crippen LogP contribution >= 0.6 is 0 Å². The largest absolute Gasteiger partial charge is 0.0776 e. The van der Waals surface area contributed by atoms with Crippen molar-refractivity contribution in [2.45, 2.75) is 41.0 Å². The van der Waals surface area contributed by atoms with E-state index in [4.69, 9.17) is 0 Å². The lowest BCUT2D eigenvalue weighted by Gasteiger charge is -2.01. The van der Waals surface area contributed by atoms with Crippen LogP contribution in [0.4, 0.5) is 0 Å². The van der Waals surface area contributed by atoms with E-state index < -0.39 is 0 Å². The molecule has 0 aliphatic rings. The fourth-order valence-corrected chi connectivity index (χ4v) is 1.68. The van der Waals surface area contributed by atoms with Gasteiger partial charge in [-0.25, -0.2) is 0 Å². The molecule has 0 N–H and O–H groups in total. The molecule has 0 nitrogen and oxygen atoms in total. The molecule has 16 heavy (non-hydrogen) atoms. The third-order valence-electron chi connectivity index (χ3n) is 2.35. The van der Waals surface area contributed by atoms with Gasteiger partial charge in [-0.3, -0.25) is 0 Å². The van der Waals surface area contributed by atoms with E-state index in [9.17, 15) is 0 Å². The molecule has 0 heterocycles. The number of hydrogen-bond donors (Lipinski definition) is 0. The monoisotopic (exact) mass is 216 g/mol. The zero-order valence-electron chi connectivity index (χ0n) is 9.96. The van der Waals surface area contributed by atoms with Crippen LogP contribution in [0.25, 0.3) is 10.8 Å². The topological polar surface area (TPSA) is 0 Å². The summed E-state index contributed by atoms with van der Waals surface area (Å²) in [5.74, 6) is 0. The van der Waals surface area contributed by atoms with Gasteiger partial charge < -0.3 is 0 Å². The summed E-state index contributed by atoms with van der Waals surface area (Å²) in [5, 5.41) is 2.69. The Morgan fingerprint density at radius 2 is 1.50 bits per heavy atom. The molecule has 0 atom stereocenters. The van der Waals surface area contributed by atoms with Gasteiger partial charge in [-0.2, -0.15) is 0 Å². The van der Waals surface area contributed by atoms with Crippen molar-refractivity contribution in [3.63, 3.8) is 0 Å². The van der Waals surface area contributed by atoms with E-state index in [1.165, 1.54) is 29.2 Å². The molecular formula is C16H24. The molecule has 0 fully saturated rings. The minimum absolute atomic E-state index is 0. The van der Waals surface area contributed by atoms with Crippen LogP contribution in [0.15, 0.2) is 42.5 Å². The summed E-state index contributed by atoms with van der Waals surface area (Å²) in [7, 11) is 0. The fraction of sp³-hybridized carbons (Fsp3) is 0.375. The molecule has 0 amide bonds. The van der Waals surface area contributed by atoms with E-state index >= 15 is 0 Å². The van der Waals surface area contributed by atoms with Crippen LogP contribution < -0.4 is 0 Å². The van der Waals surface area contributed by atoms with Crippen molar-refractivity contribution in [1.29, 1.82) is 0 Å². The van der Waals surface area contributed by atoms with E-state index in [0.29, 0.717) is 0 Å². The third kappa shape index (κ3) is 3.69. The van der Waals surface area contributed by atoms with Gasteiger partial charge in [0, 0.05) is 0 Å². The predicted octanol–water partition coefficient (Wildman–Crippen LogP) is 5.45. The van der Waals surface area contributed by atoms with Crippen molar-refractivity contribution in [2.24, 2.45) is 0 Å². The first kappa shape index (κ1) is 14.7. The summed E-state index contributed by atoms with van der Waals surface area (Å²) in [4.78, 5) is 0. The van der Waals surface area contributed by atoms with Crippen molar-refractivity contribution in [2.75, 3.05) is 0 Å². The maximum absolute atomic E-state index is 2.29. The summed E-state index contributed by atoms with van der Waals surface area (Å²) in [6.07, 6.45) is 2.41. The molecule has 2 rings (SSSR count). The van der Waals surface area contributed by atoms with Crippen LogP contribution in [0.5, 0.6) is 0 Å². The third-order valence-corrected chi connectivity index (χ3v) is 2.35. The first-order valence-electron chi connectivity index (χ1n) is 5.88. The molecule has 88 valence electrons. The van der Waals surface area contributed by atoms with Crippen LogP contribution in [0.3, 0.4) is 0 Å². The van der Waals surface area contributed by atoms with Crippen molar-refractivity contribution in [1.82, 2.24) is 0 Å². The van der Waals surface area contributed by atoms with Gasteiger partial charge in [0.2, 0.25) is 0 Å². The van der Waals surface area contributed by atoms with Crippen LogP contribution in [-0.2, 0) is 6.42 Å². The number of aryl methyl sites for hydroxylation is 1. The van der Waals surface area contributed by atoms with Gasteiger partial charge in [-0.15, -0.1) is 0 Å². The average molecular weight is 216 g/mol. The highest BCUT2D eigenvalue weighted by Crippen LogP contribution is 2.16. The molecule has 0 radical (unpaired) electrons. The number of benzene rings is 2. The van der Waals surface area contributed by atoms with E-state index in [0.717, 1.165) is 0 Å². The lowest BCUT2D eigenvalue weighted by atomic mass is 10.0. The Labute approximate surface area is 100 Å². The Bertz CT molecular complexity index is 401. The molecule has 0 saturated carbocycles. The van der Waals surface area contributed by atoms with Crippen molar-refractivity contribution in [3.05, 3.63) is 48.0 Å². The zero-order valence-corrected chi connectivity index (χ0v) is 9.96. The average Bonchev–Trinajstić information content (AvgIpc) is 2.32. The molecule has 0 unspecified atom stereocenters. The van der Waals surface area contributed by atoms with Gasteiger partial charge in [0.15, 0.2) is 0 Å². The molecule has 2 aromatic rings. The first-order chi connectivity index (χ1) is 7.40. The van der Waals surface area contributed by atoms with Gasteiger partial charge in [0.25, 0.3) is 0 Å². The highest BCUT2D eigenvalue weighted by molar-refractivity contribution is 5.82. The summed E-state index contributed by atoms with van der Waals surface area (Å²) >= 11 is 0. The van der Waals surface area contributed by atoms with Crippen molar-refractivity contribution >= 4 is 10.8 Å². The normalized spacial score (nSPS) is 8.94. The van der Waals surface area contributed by atoms with Gasteiger partial charge >= 0.3 is 0 Å². The molecule has 0 aliphatic carbocycles. The van der Waals surface area contributed by atoms with Gasteiger partial charge in [-0.05, 0) is 22.8 Å². The fourth-order valence-electron chi connectivity index (χ4n) is 1.68. The first-order valence-corrected chi connectivity index (χ1v) is 5.88. The minimum atomic E-state index is 0. The Kier molecular flexibility index (Phi) is 7.28. The van der Waals surface area contributed by atoms with E-state index in [1.54, 1.807) is 0 Å². The van der Waals surface area contributed by atoms with Crippen molar-refractivity contribution in [3.8, 4) is 0 Å². The predicted molar refractivity (Wildman–Crippen MR) is 76.0 cm³/mol. The Morgan fingerprint density at radius 1 is 0.875 bits per heavy atom. The van der Waals surface area contributed by atoms with E-state index in [1.807, 2.05) is 13.8 Å². The van der Waals surface area contributed by atoms with Gasteiger partial charge in [-0.1, -0.05) is 77.1 Å². The highest BCUT2D eigenvalue weighted by Gasteiger charge is 1.93. The smallest absolute Gasteiger partial charge is 0.0181 e. The SMILES string of the molecule is C.CC.CCCc1ccc2ccccc2c1. The lowest BCUT2D eigenvalue weighted by molar-refractivity contribution is 0.924. The Hall–Kier alpha value is -1.30. The highest BCUT2D eigenvalue weighted by atomic mass is 14.0. The minimum Gasteiger partial charge on any atom is -0.0776 e.